The number of amidine groups is 1. The van der Waals surface area contributed by atoms with Crippen molar-refractivity contribution in [3.63, 3.8) is 0 Å². The summed E-state index contributed by atoms with van der Waals surface area (Å²) >= 11 is 1.73. The minimum atomic E-state index is 0.0842. The smallest absolute Gasteiger partial charge is 0.171 e. The molecule has 0 spiro atoms. The quantitative estimate of drug-likeness (QED) is 0.278. The second-order valence-corrected chi connectivity index (χ2v) is 5.33. The van der Waals surface area contributed by atoms with Gasteiger partial charge < -0.3 is 10.9 Å². The van der Waals surface area contributed by atoms with E-state index in [-0.39, 0.29) is 5.84 Å². The molecule has 0 aliphatic heterocycles. The molecule has 1 aromatic rings. The van der Waals surface area contributed by atoms with E-state index in [1.807, 2.05) is 6.07 Å². The molecule has 0 radical (unpaired) electrons. The number of aromatic nitrogens is 1. The van der Waals surface area contributed by atoms with Gasteiger partial charge in [0.2, 0.25) is 0 Å². The molecule has 1 heterocycles. The molecule has 0 saturated heterocycles. The van der Waals surface area contributed by atoms with Gasteiger partial charge in [0.25, 0.3) is 0 Å². The molecule has 16 heavy (non-hydrogen) atoms. The maximum atomic E-state index is 8.51. The number of nitrogens with zero attached hydrogens (tertiary/aromatic N) is 2. The van der Waals surface area contributed by atoms with Gasteiger partial charge in [-0.05, 0) is 18.1 Å². The summed E-state index contributed by atoms with van der Waals surface area (Å²) < 4.78 is 0. The van der Waals surface area contributed by atoms with Crippen molar-refractivity contribution in [1.82, 2.24) is 4.98 Å². The molecule has 0 fully saturated rings. The average Bonchev–Trinajstić information content (AvgIpc) is 2.28. The van der Waals surface area contributed by atoms with Gasteiger partial charge in [0.05, 0.1) is 5.03 Å². The highest BCUT2D eigenvalue weighted by Gasteiger charge is 2.09. The summed E-state index contributed by atoms with van der Waals surface area (Å²) in [6.45, 7) is 6.54. The minimum absolute atomic E-state index is 0.0842. The number of nitrogens with two attached hydrogens (primary N) is 1. The third-order valence-electron chi connectivity index (χ3n) is 2.39. The number of hydrogen-bond acceptors (Lipinski definition) is 4. The third kappa shape index (κ3) is 3.41. The van der Waals surface area contributed by atoms with Crippen molar-refractivity contribution < 1.29 is 5.21 Å². The molecule has 4 nitrogen and oxygen atoms in total. The number of oxime groups is 1. The first-order chi connectivity index (χ1) is 7.54. The van der Waals surface area contributed by atoms with Crippen molar-refractivity contribution in [2.75, 3.05) is 0 Å². The molecule has 1 rings (SSSR count). The number of thioether (sulfide) groups is 1. The Bertz CT molecular complexity index is 362. The SMILES string of the molecule is CC(C)C(C)Sc1ccc(/C(N)=N/O)cn1. The Balaban J connectivity index is 2.72. The van der Waals surface area contributed by atoms with Crippen LogP contribution in [0.15, 0.2) is 28.5 Å². The predicted molar refractivity (Wildman–Crippen MR) is 66.9 cm³/mol. The molecule has 0 aliphatic carbocycles. The van der Waals surface area contributed by atoms with Crippen LogP contribution in [-0.2, 0) is 0 Å². The van der Waals surface area contributed by atoms with E-state index >= 15 is 0 Å². The fraction of sp³-hybridized carbons (Fsp3) is 0.455. The van der Waals surface area contributed by atoms with Crippen LogP contribution < -0.4 is 5.73 Å². The standard InChI is InChI=1S/C11H17N3OS/c1-7(2)8(3)16-10-5-4-9(6-13-10)11(12)14-15/h4-8,15H,1-3H3,(H2,12,14). The Morgan fingerprint density at radius 3 is 2.56 bits per heavy atom. The maximum Gasteiger partial charge on any atom is 0.171 e. The fourth-order valence-electron chi connectivity index (χ4n) is 0.986. The summed E-state index contributed by atoms with van der Waals surface area (Å²) in [5.74, 6) is 0.691. The van der Waals surface area contributed by atoms with Crippen molar-refractivity contribution in [3.05, 3.63) is 23.9 Å². The van der Waals surface area contributed by atoms with E-state index in [9.17, 15) is 0 Å². The van der Waals surface area contributed by atoms with Crippen molar-refractivity contribution in [3.8, 4) is 0 Å². The second-order valence-electron chi connectivity index (χ2n) is 3.94. The molecule has 0 aliphatic rings. The van der Waals surface area contributed by atoms with Gasteiger partial charge in [0, 0.05) is 17.0 Å². The lowest BCUT2D eigenvalue weighted by Gasteiger charge is -2.14. The van der Waals surface area contributed by atoms with Crippen LogP contribution in [0.2, 0.25) is 0 Å². The van der Waals surface area contributed by atoms with E-state index in [0.29, 0.717) is 16.7 Å². The molecule has 88 valence electrons. The van der Waals surface area contributed by atoms with Crippen molar-refractivity contribution >= 4 is 17.6 Å². The molecule has 1 unspecified atom stereocenters. The van der Waals surface area contributed by atoms with Crippen LogP contribution in [-0.4, -0.2) is 21.3 Å². The Kier molecular flexibility index (Phi) is 4.61. The van der Waals surface area contributed by atoms with E-state index in [1.165, 1.54) is 0 Å². The lowest BCUT2D eigenvalue weighted by Crippen LogP contribution is -2.13. The lowest BCUT2D eigenvalue weighted by atomic mass is 10.2. The average molecular weight is 239 g/mol. The zero-order valence-corrected chi connectivity index (χ0v) is 10.5. The maximum absolute atomic E-state index is 8.51. The second kappa shape index (κ2) is 5.75. The van der Waals surface area contributed by atoms with Gasteiger partial charge in [-0.15, -0.1) is 11.8 Å². The molecule has 5 heteroatoms. The first-order valence-electron chi connectivity index (χ1n) is 5.15. The molecule has 1 atom stereocenters. The monoisotopic (exact) mass is 239 g/mol. The summed E-state index contributed by atoms with van der Waals surface area (Å²) in [6, 6.07) is 3.69. The highest BCUT2D eigenvalue weighted by Crippen LogP contribution is 2.25. The summed E-state index contributed by atoms with van der Waals surface area (Å²) in [5.41, 5.74) is 6.08. The van der Waals surface area contributed by atoms with Crippen LogP contribution in [0.25, 0.3) is 0 Å². The van der Waals surface area contributed by atoms with Crippen molar-refractivity contribution in [2.24, 2.45) is 16.8 Å². The van der Waals surface area contributed by atoms with Gasteiger partial charge in [-0.3, -0.25) is 0 Å². The van der Waals surface area contributed by atoms with Gasteiger partial charge in [-0.25, -0.2) is 4.98 Å². The number of pyridine rings is 1. The Labute approximate surface area is 99.9 Å². The highest BCUT2D eigenvalue weighted by molar-refractivity contribution is 7.99. The highest BCUT2D eigenvalue weighted by atomic mass is 32.2. The summed E-state index contributed by atoms with van der Waals surface area (Å²) in [5, 5.41) is 12.9. The molecular weight excluding hydrogens is 222 g/mol. The van der Waals surface area contributed by atoms with E-state index in [0.717, 1.165) is 5.03 Å². The fourth-order valence-corrected chi connectivity index (χ4v) is 1.90. The normalized spacial score (nSPS) is 14.1. The Morgan fingerprint density at radius 1 is 1.44 bits per heavy atom. The number of rotatable bonds is 4. The van der Waals surface area contributed by atoms with Crippen LogP contribution in [0.4, 0.5) is 0 Å². The van der Waals surface area contributed by atoms with Crippen LogP contribution in [0.1, 0.15) is 26.3 Å². The Morgan fingerprint density at radius 2 is 2.12 bits per heavy atom. The van der Waals surface area contributed by atoms with Gasteiger partial charge >= 0.3 is 0 Å². The molecule has 0 aromatic carbocycles. The molecule has 0 amide bonds. The van der Waals surface area contributed by atoms with E-state index in [2.05, 4.69) is 30.9 Å². The van der Waals surface area contributed by atoms with Gasteiger partial charge in [0.15, 0.2) is 5.84 Å². The van der Waals surface area contributed by atoms with Crippen LogP contribution in [0.3, 0.4) is 0 Å². The van der Waals surface area contributed by atoms with Crippen molar-refractivity contribution in [1.29, 1.82) is 0 Å². The van der Waals surface area contributed by atoms with E-state index in [1.54, 1.807) is 24.0 Å². The van der Waals surface area contributed by atoms with E-state index in [4.69, 9.17) is 10.9 Å². The van der Waals surface area contributed by atoms with Crippen LogP contribution >= 0.6 is 11.8 Å². The Hall–Kier alpha value is -1.23. The predicted octanol–water partition coefficient (Wildman–Crippen LogP) is 2.31. The van der Waals surface area contributed by atoms with Crippen LogP contribution in [0, 0.1) is 5.92 Å². The first kappa shape index (κ1) is 12.8. The lowest BCUT2D eigenvalue weighted by molar-refractivity contribution is 0.318. The van der Waals surface area contributed by atoms with Gasteiger partial charge in [-0.1, -0.05) is 25.9 Å². The van der Waals surface area contributed by atoms with Gasteiger partial charge in [0.1, 0.15) is 0 Å². The largest absolute Gasteiger partial charge is 0.409 e. The summed E-state index contributed by atoms with van der Waals surface area (Å²) in [7, 11) is 0. The topological polar surface area (TPSA) is 71.5 Å². The van der Waals surface area contributed by atoms with Gasteiger partial charge in [-0.2, -0.15) is 0 Å². The van der Waals surface area contributed by atoms with E-state index < -0.39 is 0 Å². The molecule has 0 saturated carbocycles. The van der Waals surface area contributed by atoms with Crippen LogP contribution in [0.5, 0.6) is 0 Å². The zero-order chi connectivity index (χ0) is 12.1. The minimum Gasteiger partial charge on any atom is -0.409 e. The summed E-state index contributed by atoms with van der Waals surface area (Å²) in [6.07, 6.45) is 1.62. The molecule has 3 N–H and O–H groups in total. The number of hydrogen-bond donors (Lipinski definition) is 2. The third-order valence-corrected chi connectivity index (χ3v) is 3.78. The zero-order valence-electron chi connectivity index (χ0n) is 9.71. The first-order valence-corrected chi connectivity index (χ1v) is 6.03. The molecule has 0 bridgehead atoms. The summed E-state index contributed by atoms with van der Waals surface area (Å²) in [4.78, 5) is 4.26. The molecular formula is C11H17N3OS. The molecule has 1 aromatic heterocycles. The van der Waals surface area contributed by atoms with Crippen molar-refractivity contribution in [2.45, 2.75) is 31.0 Å².